The Bertz CT molecular complexity index is 1740. The van der Waals surface area contributed by atoms with Gasteiger partial charge in [0.25, 0.3) is 0 Å². The maximum atomic E-state index is 9.60. The number of unbranched alkanes of at least 4 members (excludes halogenated alkanes) is 53. The topological polar surface area (TPSA) is 36.4 Å². The van der Waals surface area contributed by atoms with Crippen LogP contribution in [0.1, 0.15) is 455 Å². The van der Waals surface area contributed by atoms with Crippen LogP contribution in [0.5, 0.6) is 0 Å². The first-order chi connectivity index (χ1) is 44.0. The molecule has 0 atom stereocenters. The van der Waals surface area contributed by atoms with E-state index in [2.05, 4.69) is 115 Å². The maximum absolute atomic E-state index is 9.60. The number of hydrogen-bond acceptors (Lipinski definition) is 0. The minimum Gasteiger partial charge on any atom is -0.348 e. The summed E-state index contributed by atoms with van der Waals surface area (Å²) >= 11 is 0. The second kappa shape index (κ2) is 76.0. The Morgan fingerprint density at radius 2 is 0.611 bits per heavy atom. The molecule has 0 aromatic heterocycles. The molecule has 2 nitrogen and oxygen atoms in total. The Hall–Kier alpha value is -2.00. The summed E-state index contributed by atoms with van der Waals surface area (Å²) < 4.78 is 0. The quantitative estimate of drug-likeness (QED) is 0.0120. The molecule has 524 valence electrons. The van der Waals surface area contributed by atoms with Crippen LogP contribution in [0.2, 0.25) is 0 Å². The molecule has 2 aromatic carbocycles. The van der Waals surface area contributed by atoms with E-state index in [0.717, 1.165) is 63.4 Å². The van der Waals surface area contributed by atoms with Gasteiger partial charge >= 0.3 is 26.3 Å². The third-order valence-corrected chi connectivity index (χ3v) is 19.0. The van der Waals surface area contributed by atoms with Crippen LogP contribution in [0.4, 0.5) is 0 Å². The van der Waals surface area contributed by atoms with Crippen molar-refractivity contribution in [2.75, 3.05) is 0 Å². The Labute approximate surface area is 580 Å². The first-order valence-corrected chi connectivity index (χ1v) is 40.5. The molecule has 2 rings (SSSR count). The summed E-state index contributed by atoms with van der Waals surface area (Å²) in [5, 5.41) is 0. The summed E-state index contributed by atoms with van der Waals surface area (Å²) in [7, 11) is 0. The molecular weight excluding hydrogens is 1180 g/mol. The van der Waals surface area contributed by atoms with Crippen LogP contribution in [-0.2, 0) is 33.3 Å². The Morgan fingerprint density at radius 1 is 0.311 bits per heavy atom. The third kappa shape index (κ3) is 59.7. The molecule has 0 unspecified atom stereocenters. The normalized spacial score (nSPS) is 11.3. The summed E-state index contributed by atoms with van der Waals surface area (Å²) in [4.78, 5) is 3.43. The van der Waals surface area contributed by atoms with Gasteiger partial charge in [0.05, 0.1) is 5.57 Å². The SMILES string of the molecule is CCCCCCCCc1cccc(C(=C(CCCC)C(=C=[N+]=[N-])CCCCC)c2ccc(CCCC)cc2)c1.[CH2-]CCCCCCCCCCCCCCCCCCCCCCCC.[CH2-]CCCCCCCCCCCCCCCCCCCCCCCC.[Pd+2]. The van der Waals surface area contributed by atoms with E-state index in [4.69, 9.17) is 0 Å². The molecule has 0 N–H and O–H groups in total. The van der Waals surface area contributed by atoms with Gasteiger partial charge in [0.1, 0.15) is 0 Å². The zero-order valence-electron chi connectivity index (χ0n) is 61.8. The monoisotopic (exact) mass is 1340 g/mol. The van der Waals surface area contributed by atoms with Crippen LogP contribution in [-0.4, -0.2) is 10.7 Å². The molecule has 0 aliphatic rings. The predicted octanol–water partition coefficient (Wildman–Crippen LogP) is 31.0. The van der Waals surface area contributed by atoms with Gasteiger partial charge in [-0.05, 0) is 84.8 Å². The van der Waals surface area contributed by atoms with Crippen molar-refractivity contribution in [2.24, 2.45) is 0 Å². The molecule has 90 heavy (non-hydrogen) atoms. The van der Waals surface area contributed by atoms with E-state index in [1.54, 1.807) is 0 Å². The van der Waals surface area contributed by atoms with Crippen LogP contribution in [0.15, 0.2) is 59.7 Å². The fraction of sp³-hybridized carbons (Fsp3) is 0.793. The molecule has 0 saturated carbocycles. The van der Waals surface area contributed by atoms with Gasteiger partial charge in [0.15, 0.2) is 0 Å². The van der Waals surface area contributed by atoms with Crippen molar-refractivity contribution in [1.29, 1.82) is 0 Å². The molecule has 3 heteroatoms. The zero-order chi connectivity index (χ0) is 64.7. The largest absolute Gasteiger partial charge is 2.00 e. The molecule has 0 fully saturated rings. The minimum absolute atomic E-state index is 0. The number of benzene rings is 2. The van der Waals surface area contributed by atoms with Crippen molar-refractivity contribution >= 4 is 11.4 Å². The zero-order valence-corrected chi connectivity index (χ0v) is 63.3. The molecule has 2 aromatic rings. The Morgan fingerprint density at radius 3 is 0.933 bits per heavy atom. The molecule has 0 bridgehead atoms. The first kappa shape index (κ1) is 90.1. The van der Waals surface area contributed by atoms with Crippen molar-refractivity contribution in [3.63, 3.8) is 0 Å². The molecular formula is C87H156N2Pd. The second-order valence-electron chi connectivity index (χ2n) is 27.7. The van der Waals surface area contributed by atoms with Gasteiger partial charge in [0.2, 0.25) is 0 Å². The summed E-state index contributed by atoms with van der Waals surface area (Å²) in [6.45, 7) is 21.4. The number of nitrogens with zero attached hydrogens (tertiary/aromatic N) is 2. The van der Waals surface area contributed by atoms with Gasteiger partial charge in [-0.25, -0.2) is 0 Å². The fourth-order valence-corrected chi connectivity index (χ4v) is 13.0. The van der Waals surface area contributed by atoms with Gasteiger partial charge in [-0.15, -0.1) is 4.79 Å². The summed E-state index contributed by atoms with van der Waals surface area (Å²) in [5.41, 5.74) is 18.6. The van der Waals surface area contributed by atoms with Crippen molar-refractivity contribution in [3.8, 4) is 0 Å². The number of rotatable bonds is 64. The summed E-state index contributed by atoms with van der Waals surface area (Å²) in [6.07, 6.45) is 86.7. The van der Waals surface area contributed by atoms with Crippen LogP contribution >= 0.6 is 0 Å². The van der Waals surface area contributed by atoms with E-state index in [1.165, 1.54) is 380 Å². The Kier molecular flexibility index (Phi) is 76.1. The van der Waals surface area contributed by atoms with Gasteiger partial charge < -0.3 is 19.4 Å². The summed E-state index contributed by atoms with van der Waals surface area (Å²) in [5.74, 6) is 3.02. The smallest absolute Gasteiger partial charge is 0.348 e. The van der Waals surface area contributed by atoms with E-state index in [9.17, 15) is 5.53 Å². The minimum atomic E-state index is 0. The van der Waals surface area contributed by atoms with E-state index in [-0.39, 0.29) is 20.4 Å². The Balaban J connectivity index is 0. The number of hydrogen-bond donors (Lipinski definition) is 0. The average molecular weight is 1340 g/mol. The molecule has 0 aliphatic heterocycles. The maximum Gasteiger partial charge on any atom is 2.00 e. The summed E-state index contributed by atoms with van der Waals surface area (Å²) in [6, 6.07) is 18.5. The van der Waals surface area contributed by atoms with Crippen LogP contribution in [0.25, 0.3) is 11.1 Å². The van der Waals surface area contributed by atoms with Gasteiger partial charge in [0, 0.05) is 0 Å². The van der Waals surface area contributed by atoms with E-state index < -0.39 is 0 Å². The number of allylic oxidation sites excluding steroid dienone is 2. The van der Waals surface area contributed by atoms with Crippen molar-refractivity contribution < 1.29 is 25.2 Å². The second-order valence-corrected chi connectivity index (χ2v) is 27.7. The molecule has 0 aliphatic carbocycles. The standard InChI is InChI=1S/C37H54N2.2C25H51.Pd/c1-5-9-13-14-15-17-20-32-21-18-23-34(29-32)37(33-27-25-31(26-28-33)19-11-7-3)36(24-12-8-4)35(30-39-38)22-16-10-6-2;2*1-3-5-7-9-11-13-15-17-19-21-23-25-24-22-20-18-16-14-12-10-8-6-4-2;/h18,21,23,25-29H,5-17,19-20,22,24H2,1-4H3;2*1,3-25H2,2H3;/q;2*-1;+2. The third-order valence-electron chi connectivity index (χ3n) is 19.0. The van der Waals surface area contributed by atoms with Gasteiger partial charge in [-0.1, -0.05) is 430 Å². The molecule has 0 radical (unpaired) electrons. The van der Waals surface area contributed by atoms with E-state index >= 15 is 0 Å². The van der Waals surface area contributed by atoms with E-state index in [1.807, 2.05) is 0 Å². The van der Waals surface area contributed by atoms with Crippen molar-refractivity contribution in [3.05, 3.63) is 101 Å². The predicted molar refractivity (Wildman–Crippen MR) is 405 cm³/mol. The van der Waals surface area contributed by atoms with Crippen LogP contribution in [0, 0.1) is 13.8 Å². The average Bonchev–Trinajstić information content (AvgIpc) is 2.83. The van der Waals surface area contributed by atoms with Gasteiger partial charge in [-0.3, -0.25) is 0 Å². The molecule has 0 heterocycles. The first-order valence-electron chi connectivity index (χ1n) is 40.5. The molecule has 0 spiro atoms. The van der Waals surface area contributed by atoms with Gasteiger partial charge in [-0.2, -0.15) is 12.8 Å². The number of aryl methyl sites for hydroxylation is 2. The molecule has 0 amide bonds. The molecule has 0 saturated heterocycles. The van der Waals surface area contributed by atoms with E-state index in [0.29, 0.717) is 0 Å². The van der Waals surface area contributed by atoms with Crippen LogP contribution < -0.4 is 0 Å². The fourth-order valence-electron chi connectivity index (χ4n) is 13.0. The van der Waals surface area contributed by atoms with Crippen LogP contribution in [0.3, 0.4) is 0 Å². The van der Waals surface area contributed by atoms with Crippen molar-refractivity contribution in [1.82, 2.24) is 0 Å². The van der Waals surface area contributed by atoms with Crippen molar-refractivity contribution in [2.45, 2.75) is 446 Å².